The first kappa shape index (κ1) is 9.07. The van der Waals surface area contributed by atoms with Crippen LogP contribution in [0.2, 0.25) is 0 Å². The van der Waals surface area contributed by atoms with Crippen molar-refractivity contribution in [3.8, 4) is 0 Å². The first-order valence-corrected chi connectivity index (χ1v) is 4.22. The molecule has 0 radical (unpaired) electrons. The van der Waals surface area contributed by atoms with Crippen LogP contribution >= 0.6 is 0 Å². The molecule has 0 unspecified atom stereocenters. The number of aryl methyl sites for hydroxylation is 1. The largest absolute Gasteiger partial charge is 0.324 e. The van der Waals surface area contributed by atoms with Crippen LogP contribution in [0.5, 0.6) is 0 Å². The summed E-state index contributed by atoms with van der Waals surface area (Å²) >= 11 is 0. The monoisotopic (exact) mass is 164 g/mol. The maximum absolute atomic E-state index is 5.37. The molecular weight excluding hydrogens is 148 g/mol. The molecule has 0 saturated carbocycles. The van der Waals surface area contributed by atoms with E-state index in [-0.39, 0.29) is 0 Å². The van der Waals surface area contributed by atoms with Gasteiger partial charge in [-0.2, -0.15) is 0 Å². The van der Waals surface area contributed by atoms with E-state index in [9.17, 15) is 0 Å². The molecule has 1 rings (SSSR count). The van der Waals surface area contributed by atoms with Crippen LogP contribution in [0.25, 0.3) is 0 Å². The number of hydrazine groups is 1. The first-order valence-electron chi connectivity index (χ1n) is 4.22. The van der Waals surface area contributed by atoms with Crippen LogP contribution < -0.4 is 11.3 Å². The predicted octanol–water partition coefficient (Wildman–Crippen LogP) is 2.40. The number of nitrogen functional groups attached to an aromatic ring is 1. The van der Waals surface area contributed by atoms with Crippen LogP contribution in [0, 0.1) is 6.92 Å². The molecule has 2 heteroatoms. The summed E-state index contributed by atoms with van der Waals surface area (Å²) in [7, 11) is 0. The topological polar surface area (TPSA) is 38.0 Å². The van der Waals surface area contributed by atoms with E-state index < -0.39 is 0 Å². The highest BCUT2D eigenvalue weighted by Crippen LogP contribution is 2.21. The summed E-state index contributed by atoms with van der Waals surface area (Å²) in [6.45, 7) is 6.38. The molecule has 1 aromatic carbocycles. The average molecular weight is 164 g/mol. The Kier molecular flexibility index (Phi) is 2.71. The van der Waals surface area contributed by atoms with Crippen molar-refractivity contribution >= 4 is 5.69 Å². The molecular formula is C10H16N2. The van der Waals surface area contributed by atoms with Crippen molar-refractivity contribution in [2.24, 2.45) is 5.84 Å². The van der Waals surface area contributed by atoms with Crippen molar-refractivity contribution in [2.75, 3.05) is 5.43 Å². The van der Waals surface area contributed by atoms with Crippen molar-refractivity contribution in [3.05, 3.63) is 29.3 Å². The summed E-state index contributed by atoms with van der Waals surface area (Å²) in [5.74, 6) is 5.92. The Morgan fingerprint density at radius 3 is 2.50 bits per heavy atom. The summed E-state index contributed by atoms with van der Waals surface area (Å²) < 4.78 is 0. The second-order valence-corrected chi connectivity index (χ2v) is 3.37. The highest BCUT2D eigenvalue weighted by atomic mass is 15.2. The molecule has 66 valence electrons. The predicted molar refractivity (Wildman–Crippen MR) is 53.1 cm³/mol. The number of benzene rings is 1. The molecule has 0 aliphatic rings. The second kappa shape index (κ2) is 3.59. The van der Waals surface area contributed by atoms with Gasteiger partial charge in [-0.25, -0.2) is 0 Å². The zero-order valence-corrected chi connectivity index (χ0v) is 7.89. The Morgan fingerprint density at radius 2 is 2.00 bits per heavy atom. The fourth-order valence-corrected chi connectivity index (χ4v) is 1.15. The molecule has 12 heavy (non-hydrogen) atoms. The Bertz CT molecular complexity index is 267. The van der Waals surface area contributed by atoms with Crippen LogP contribution in [-0.2, 0) is 0 Å². The van der Waals surface area contributed by atoms with Gasteiger partial charge in [0.2, 0.25) is 0 Å². The number of nitrogens with two attached hydrogens (primary N) is 1. The van der Waals surface area contributed by atoms with E-state index in [0.717, 1.165) is 5.69 Å². The summed E-state index contributed by atoms with van der Waals surface area (Å²) in [5.41, 5.74) is 6.20. The molecule has 0 atom stereocenters. The molecule has 1 aromatic rings. The molecule has 0 saturated heterocycles. The standard InChI is InChI=1S/C10H16N2/c1-7(2)9-5-4-8(3)10(6-9)12-11/h4-7,12H,11H2,1-3H3. The maximum Gasteiger partial charge on any atom is 0.0517 e. The fourth-order valence-electron chi connectivity index (χ4n) is 1.15. The van der Waals surface area contributed by atoms with Gasteiger partial charge in [0.25, 0.3) is 0 Å². The van der Waals surface area contributed by atoms with E-state index in [0.29, 0.717) is 5.92 Å². The Labute approximate surface area is 73.8 Å². The van der Waals surface area contributed by atoms with Crippen LogP contribution in [0.4, 0.5) is 5.69 Å². The molecule has 2 nitrogen and oxygen atoms in total. The minimum absolute atomic E-state index is 0.553. The van der Waals surface area contributed by atoms with Gasteiger partial charge in [0.15, 0.2) is 0 Å². The van der Waals surface area contributed by atoms with Crippen LogP contribution in [0.1, 0.15) is 30.9 Å². The van der Waals surface area contributed by atoms with Gasteiger partial charge in [0, 0.05) is 0 Å². The molecule has 0 amide bonds. The van der Waals surface area contributed by atoms with E-state index in [1.165, 1.54) is 11.1 Å². The van der Waals surface area contributed by atoms with E-state index in [4.69, 9.17) is 5.84 Å². The molecule has 0 fully saturated rings. The Hall–Kier alpha value is -1.02. The van der Waals surface area contributed by atoms with Gasteiger partial charge in [0.1, 0.15) is 0 Å². The number of hydrogen-bond donors (Lipinski definition) is 2. The van der Waals surface area contributed by atoms with Gasteiger partial charge in [-0.05, 0) is 30.0 Å². The lowest BCUT2D eigenvalue weighted by Crippen LogP contribution is -2.08. The zero-order chi connectivity index (χ0) is 9.14. The lowest BCUT2D eigenvalue weighted by Gasteiger charge is -2.10. The third kappa shape index (κ3) is 1.77. The number of anilines is 1. The molecule has 0 aromatic heterocycles. The highest BCUT2D eigenvalue weighted by molar-refractivity contribution is 5.52. The maximum atomic E-state index is 5.37. The van der Waals surface area contributed by atoms with Crippen molar-refractivity contribution in [1.82, 2.24) is 0 Å². The van der Waals surface area contributed by atoms with E-state index >= 15 is 0 Å². The molecule has 0 aliphatic heterocycles. The molecule has 3 N–H and O–H groups in total. The van der Waals surface area contributed by atoms with Crippen molar-refractivity contribution in [3.63, 3.8) is 0 Å². The minimum atomic E-state index is 0.553. The Balaban J connectivity index is 3.05. The molecule has 0 aliphatic carbocycles. The minimum Gasteiger partial charge on any atom is -0.324 e. The number of rotatable bonds is 2. The lowest BCUT2D eigenvalue weighted by molar-refractivity contribution is 0.866. The van der Waals surface area contributed by atoms with Gasteiger partial charge in [0.05, 0.1) is 5.69 Å². The Morgan fingerprint density at radius 1 is 1.33 bits per heavy atom. The third-order valence-electron chi connectivity index (χ3n) is 2.08. The van der Waals surface area contributed by atoms with E-state index in [2.05, 4.69) is 37.5 Å². The van der Waals surface area contributed by atoms with Gasteiger partial charge >= 0.3 is 0 Å². The molecule has 0 spiro atoms. The van der Waals surface area contributed by atoms with Crippen molar-refractivity contribution in [1.29, 1.82) is 0 Å². The molecule has 0 heterocycles. The SMILES string of the molecule is Cc1ccc(C(C)C)cc1NN. The first-order chi connectivity index (χ1) is 5.65. The van der Waals surface area contributed by atoms with Gasteiger partial charge in [-0.15, -0.1) is 0 Å². The lowest BCUT2D eigenvalue weighted by atomic mass is 10.0. The van der Waals surface area contributed by atoms with Gasteiger partial charge in [-0.3, -0.25) is 5.84 Å². The number of hydrogen-bond acceptors (Lipinski definition) is 2. The van der Waals surface area contributed by atoms with Gasteiger partial charge in [-0.1, -0.05) is 26.0 Å². The summed E-state index contributed by atoms with van der Waals surface area (Å²) in [6, 6.07) is 6.32. The fraction of sp³-hybridized carbons (Fsp3) is 0.400. The van der Waals surface area contributed by atoms with E-state index in [1.807, 2.05) is 6.92 Å². The highest BCUT2D eigenvalue weighted by Gasteiger charge is 2.01. The number of nitrogens with one attached hydrogen (secondary N) is 1. The summed E-state index contributed by atoms with van der Waals surface area (Å²) in [4.78, 5) is 0. The zero-order valence-electron chi connectivity index (χ0n) is 7.89. The molecule has 0 bridgehead atoms. The van der Waals surface area contributed by atoms with Crippen LogP contribution in [0.15, 0.2) is 18.2 Å². The normalized spacial score (nSPS) is 10.4. The van der Waals surface area contributed by atoms with Crippen molar-refractivity contribution < 1.29 is 0 Å². The smallest absolute Gasteiger partial charge is 0.0517 e. The third-order valence-corrected chi connectivity index (χ3v) is 2.08. The van der Waals surface area contributed by atoms with Crippen LogP contribution in [-0.4, -0.2) is 0 Å². The van der Waals surface area contributed by atoms with Crippen LogP contribution in [0.3, 0.4) is 0 Å². The average Bonchev–Trinajstić information content (AvgIpc) is 2.05. The summed E-state index contributed by atoms with van der Waals surface area (Å²) in [5, 5.41) is 0. The van der Waals surface area contributed by atoms with Gasteiger partial charge < -0.3 is 5.43 Å². The quantitative estimate of drug-likeness (QED) is 0.520. The van der Waals surface area contributed by atoms with Crippen molar-refractivity contribution in [2.45, 2.75) is 26.7 Å². The second-order valence-electron chi connectivity index (χ2n) is 3.37. The summed E-state index contributed by atoms with van der Waals surface area (Å²) in [6.07, 6.45) is 0. The van der Waals surface area contributed by atoms with E-state index in [1.54, 1.807) is 0 Å².